The van der Waals surface area contributed by atoms with Gasteiger partial charge in [0.05, 0.1) is 12.6 Å². The first-order valence-corrected chi connectivity index (χ1v) is 12.1. The van der Waals surface area contributed by atoms with Gasteiger partial charge < -0.3 is 10.1 Å². The lowest BCUT2D eigenvalue weighted by Gasteiger charge is -2.25. The first-order valence-electron chi connectivity index (χ1n) is 12.1. The minimum absolute atomic E-state index is 0.0442. The van der Waals surface area contributed by atoms with Gasteiger partial charge in [0.25, 0.3) is 0 Å². The Balaban J connectivity index is 1.26. The molecule has 1 heterocycles. The van der Waals surface area contributed by atoms with Crippen molar-refractivity contribution in [3.8, 4) is 0 Å². The molecule has 3 aromatic rings. The predicted octanol–water partition coefficient (Wildman–Crippen LogP) is 5.01. The molecule has 3 aromatic carbocycles. The van der Waals surface area contributed by atoms with Crippen LogP contribution >= 0.6 is 0 Å². The van der Waals surface area contributed by atoms with E-state index in [1.165, 1.54) is 5.56 Å². The summed E-state index contributed by atoms with van der Waals surface area (Å²) in [6.45, 7) is 3.02. The second-order valence-electron chi connectivity index (χ2n) is 8.65. The number of likely N-dealkylation sites (tertiary alicyclic amines) is 1. The molecule has 0 saturated carbocycles. The van der Waals surface area contributed by atoms with E-state index in [2.05, 4.69) is 58.7 Å². The van der Waals surface area contributed by atoms with Gasteiger partial charge in [0.15, 0.2) is 0 Å². The summed E-state index contributed by atoms with van der Waals surface area (Å²) in [6, 6.07) is 31.1. The number of hydrogen-bond donors (Lipinski definition) is 1. The molecule has 4 rings (SSSR count). The molecule has 0 aromatic heterocycles. The third kappa shape index (κ3) is 6.77. The van der Waals surface area contributed by atoms with Crippen LogP contribution in [0.3, 0.4) is 0 Å². The SMILES string of the molecule is O=C(NCCCc1ccccc1)[C@H]1CCCN1CCOC(c1ccccc1)c1ccccc1. The monoisotopic (exact) mass is 442 g/mol. The molecule has 0 aliphatic carbocycles. The van der Waals surface area contributed by atoms with E-state index in [0.29, 0.717) is 6.61 Å². The van der Waals surface area contributed by atoms with Crippen molar-refractivity contribution >= 4 is 5.91 Å². The van der Waals surface area contributed by atoms with Gasteiger partial charge in [-0.3, -0.25) is 9.69 Å². The summed E-state index contributed by atoms with van der Waals surface area (Å²) in [5.74, 6) is 0.156. The van der Waals surface area contributed by atoms with Gasteiger partial charge in [0.1, 0.15) is 6.10 Å². The molecule has 33 heavy (non-hydrogen) atoms. The number of ether oxygens (including phenoxy) is 1. The van der Waals surface area contributed by atoms with Crippen molar-refractivity contribution in [3.63, 3.8) is 0 Å². The Morgan fingerprint density at radius 2 is 1.52 bits per heavy atom. The van der Waals surface area contributed by atoms with Crippen LogP contribution < -0.4 is 5.32 Å². The van der Waals surface area contributed by atoms with E-state index < -0.39 is 0 Å². The van der Waals surface area contributed by atoms with Crippen LogP contribution in [0, 0.1) is 0 Å². The zero-order chi connectivity index (χ0) is 22.7. The lowest BCUT2D eigenvalue weighted by molar-refractivity contribution is -0.125. The van der Waals surface area contributed by atoms with Gasteiger partial charge in [0.2, 0.25) is 5.91 Å². The van der Waals surface area contributed by atoms with Crippen molar-refractivity contribution in [2.75, 3.05) is 26.2 Å². The Bertz CT molecular complexity index is 923. The minimum Gasteiger partial charge on any atom is -0.367 e. The summed E-state index contributed by atoms with van der Waals surface area (Å²) in [6.07, 6.45) is 3.83. The Labute approximate surface area is 197 Å². The van der Waals surface area contributed by atoms with Crippen LogP contribution in [-0.4, -0.2) is 43.1 Å². The van der Waals surface area contributed by atoms with Gasteiger partial charge in [-0.1, -0.05) is 91.0 Å². The normalized spacial score (nSPS) is 16.2. The largest absolute Gasteiger partial charge is 0.367 e. The molecule has 0 radical (unpaired) electrons. The molecule has 4 nitrogen and oxygen atoms in total. The van der Waals surface area contributed by atoms with Crippen molar-refractivity contribution in [2.45, 2.75) is 37.8 Å². The van der Waals surface area contributed by atoms with E-state index >= 15 is 0 Å². The van der Waals surface area contributed by atoms with Gasteiger partial charge in [-0.15, -0.1) is 0 Å². The molecule has 4 heteroatoms. The van der Waals surface area contributed by atoms with Crippen molar-refractivity contribution < 1.29 is 9.53 Å². The molecule has 0 unspecified atom stereocenters. The molecule has 0 bridgehead atoms. The quantitative estimate of drug-likeness (QED) is 0.425. The zero-order valence-electron chi connectivity index (χ0n) is 19.2. The van der Waals surface area contributed by atoms with E-state index in [1.807, 2.05) is 42.5 Å². The number of nitrogens with zero attached hydrogens (tertiary/aromatic N) is 1. The molecular formula is C29H34N2O2. The number of hydrogen-bond acceptors (Lipinski definition) is 3. The van der Waals surface area contributed by atoms with Gasteiger partial charge in [-0.2, -0.15) is 0 Å². The Morgan fingerprint density at radius 3 is 2.15 bits per heavy atom. The highest BCUT2D eigenvalue weighted by molar-refractivity contribution is 5.82. The Hall–Kier alpha value is -2.95. The number of carbonyl (C=O) groups excluding carboxylic acids is 1. The molecule has 0 spiro atoms. The summed E-state index contributed by atoms with van der Waals surface area (Å²) >= 11 is 0. The summed E-state index contributed by atoms with van der Waals surface area (Å²) in [5.41, 5.74) is 3.62. The average Bonchev–Trinajstić information content (AvgIpc) is 3.35. The molecule has 172 valence electrons. The van der Waals surface area contributed by atoms with Gasteiger partial charge in [-0.25, -0.2) is 0 Å². The molecule has 1 saturated heterocycles. The second kappa shape index (κ2) is 12.3. The van der Waals surface area contributed by atoms with Gasteiger partial charge >= 0.3 is 0 Å². The van der Waals surface area contributed by atoms with E-state index in [-0.39, 0.29) is 18.1 Å². The highest BCUT2D eigenvalue weighted by Crippen LogP contribution is 2.26. The topological polar surface area (TPSA) is 41.6 Å². The van der Waals surface area contributed by atoms with Crippen molar-refractivity contribution in [3.05, 3.63) is 108 Å². The van der Waals surface area contributed by atoms with Crippen LogP contribution in [0.2, 0.25) is 0 Å². The lowest BCUT2D eigenvalue weighted by atomic mass is 10.0. The van der Waals surface area contributed by atoms with Crippen molar-refractivity contribution in [1.82, 2.24) is 10.2 Å². The van der Waals surface area contributed by atoms with Crippen LogP contribution in [-0.2, 0) is 16.0 Å². The molecule has 1 aliphatic rings. The fraction of sp³-hybridized carbons (Fsp3) is 0.345. The molecule has 1 N–H and O–H groups in total. The van der Waals surface area contributed by atoms with Gasteiger partial charge in [-0.05, 0) is 48.9 Å². The number of aryl methyl sites for hydroxylation is 1. The highest BCUT2D eigenvalue weighted by Gasteiger charge is 2.30. The fourth-order valence-corrected chi connectivity index (χ4v) is 4.59. The molecule has 1 amide bonds. The maximum absolute atomic E-state index is 12.8. The summed E-state index contributed by atoms with van der Waals surface area (Å²) in [7, 11) is 0. The standard InChI is InChI=1S/C29H34N2O2/c32-29(30-20-10-14-24-12-4-1-5-13-24)27-19-11-21-31(27)22-23-33-28(25-15-6-2-7-16-25)26-17-8-3-9-18-26/h1-9,12-13,15-18,27-28H,10-11,14,19-23H2,(H,30,32)/t27-/m1/s1. The van der Waals surface area contributed by atoms with E-state index in [1.54, 1.807) is 0 Å². The van der Waals surface area contributed by atoms with Crippen molar-refractivity contribution in [2.24, 2.45) is 0 Å². The van der Waals surface area contributed by atoms with Crippen LogP contribution in [0.1, 0.15) is 42.1 Å². The number of amides is 1. The third-order valence-electron chi connectivity index (χ3n) is 6.32. The van der Waals surface area contributed by atoms with Crippen LogP contribution in [0.5, 0.6) is 0 Å². The van der Waals surface area contributed by atoms with E-state index in [0.717, 1.165) is 56.4 Å². The summed E-state index contributed by atoms with van der Waals surface area (Å²) in [5, 5.41) is 3.15. The van der Waals surface area contributed by atoms with E-state index in [9.17, 15) is 4.79 Å². The molecule has 1 fully saturated rings. The maximum atomic E-state index is 12.8. The number of rotatable bonds is 11. The first kappa shape index (κ1) is 23.2. The molecular weight excluding hydrogens is 408 g/mol. The third-order valence-corrected chi connectivity index (χ3v) is 6.32. The number of carbonyl (C=O) groups is 1. The Kier molecular flexibility index (Phi) is 8.68. The summed E-state index contributed by atoms with van der Waals surface area (Å²) in [4.78, 5) is 15.1. The summed E-state index contributed by atoms with van der Waals surface area (Å²) < 4.78 is 6.38. The van der Waals surface area contributed by atoms with Gasteiger partial charge in [0, 0.05) is 13.1 Å². The molecule has 1 atom stereocenters. The number of benzene rings is 3. The average molecular weight is 443 g/mol. The van der Waals surface area contributed by atoms with Crippen molar-refractivity contribution in [1.29, 1.82) is 0 Å². The minimum atomic E-state index is -0.0970. The van der Waals surface area contributed by atoms with Crippen LogP contribution in [0.25, 0.3) is 0 Å². The van der Waals surface area contributed by atoms with E-state index in [4.69, 9.17) is 4.74 Å². The fourth-order valence-electron chi connectivity index (χ4n) is 4.59. The first-order chi connectivity index (χ1) is 16.3. The second-order valence-corrected chi connectivity index (χ2v) is 8.65. The lowest BCUT2D eigenvalue weighted by Crippen LogP contribution is -2.44. The predicted molar refractivity (Wildman–Crippen MR) is 133 cm³/mol. The Morgan fingerprint density at radius 1 is 0.909 bits per heavy atom. The smallest absolute Gasteiger partial charge is 0.237 e. The number of nitrogens with one attached hydrogen (secondary N) is 1. The maximum Gasteiger partial charge on any atom is 0.237 e. The van der Waals surface area contributed by atoms with Crippen LogP contribution in [0.15, 0.2) is 91.0 Å². The highest BCUT2D eigenvalue weighted by atomic mass is 16.5. The van der Waals surface area contributed by atoms with Crippen LogP contribution in [0.4, 0.5) is 0 Å². The zero-order valence-corrected chi connectivity index (χ0v) is 19.2. The molecule has 1 aliphatic heterocycles.